The van der Waals surface area contributed by atoms with Gasteiger partial charge in [-0.05, 0) is 0 Å². The van der Waals surface area contributed by atoms with E-state index in [0.29, 0.717) is 6.07 Å². The summed E-state index contributed by atoms with van der Waals surface area (Å²) >= 11 is 0. The Morgan fingerprint density at radius 2 is 2.16 bits per heavy atom. The third kappa shape index (κ3) is 3.41. The van der Waals surface area contributed by atoms with Crippen molar-refractivity contribution in [3.05, 3.63) is 22.5 Å². The van der Waals surface area contributed by atoms with Crippen molar-refractivity contribution in [3.8, 4) is 0 Å². The van der Waals surface area contributed by atoms with Gasteiger partial charge < -0.3 is 15.0 Å². The number of hydrogen-bond acceptors (Lipinski definition) is 7. The van der Waals surface area contributed by atoms with Crippen LogP contribution in [0.3, 0.4) is 0 Å². The van der Waals surface area contributed by atoms with Gasteiger partial charge in [-0.15, -0.1) is 0 Å². The topological polar surface area (TPSA) is 147 Å². The molecule has 3 N–H and O–H groups in total. The molecular formula is C13H15FN4O6S. The average molecular weight is 374 g/mol. The van der Waals surface area contributed by atoms with Gasteiger partial charge in [0.25, 0.3) is 15.8 Å². The monoisotopic (exact) mass is 374 g/mol. The van der Waals surface area contributed by atoms with Crippen molar-refractivity contribution < 1.29 is 27.0 Å². The van der Waals surface area contributed by atoms with Crippen molar-refractivity contribution in [2.75, 3.05) is 25.1 Å². The molecule has 0 atom stereocenters. The molecule has 136 valence electrons. The highest BCUT2D eigenvalue weighted by Gasteiger charge is 2.34. The molecule has 0 radical (unpaired) electrons. The Hall–Kier alpha value is -2.31. The number of fused-ring (bicyclic) bond motifs is 1. The van der Waals surface area contributed by atoms with Crippen molar-refractivity contribution in [2.45, 2.75) is 23.4 Å². The first-order valence-corrected chi connectivity index (χ1v) is 8.78. The van der Waals surface area contributed by atoms with Gasteiger partial charge in [-0.1, -0.05) is 0 Å². The van der Waals surface area contributed by atoms with E-state index in [0.717, 1.165) is 6.33 Å². The quantitative estimate of drug-likeness (QED) is 0.406. The highest BCUT2D eigenvalue weighted by molar-refractivity contribution is 7.86. The lowest BCUT2D eigenvalue weighted by Crippen LogP contribution is -2.38. The summed E-state index contributed by atoms with van der Waals surface area (Å²) < 4.78 is 52.0. The van der Waals surface area contributed by atoms with Crippen LogP contribution in [0, 0.1) is 10.1 Å². The number of alkyl halides is 1. The van der Waals surface area contributed by atoms with Crippen molar-refractivity contribution in [1.29, 1.82) is 0 Å². The van der Waals surface area contributed by atoms with Gasteiger partial charge in [-0.2, -0.15) is 8.42 Å². The first-order valence-electron chi connectivity index (χ1n) is 7.34. The minimum atomic E-state index is -4.72. The van der Waals surface area contributed by atoms with Crippen LogP contribution in [0.25, 0.3) is 11.0 Å². The average Bonchev–Trinajstić information content (AvgIpc) is 3.00. The first-order chi connectivity index (χ1) is 11.7. The molecule has 0 amide bonds. The molecule has 12 heteroatoms. The third-order valence-electron chi connectivity index (χ3n) is 4.09. The van der Waals surface area contributed by atoms with E-state index in [4.69, 9.17) is 4.74 Å². The van der Waals surface area contributed by atoms with Gasteiger partial charge in [-0.3, -0.25) is 14.7 Å². The number of imidazole rings is 1. The van der Waals surface area contributed by atoms with Gasteiger partial charge in [0.1, 0.15) is 21.8 Å². The summed E-state index contributed by atoms with van der Waals surface area (Å²) in [5, 5.41) is 14.0. The smallest absolute Gasteiger partial charge is 0.297 e. The highest BCUT2D eigenvalue weighted by atomic mass is 32.2. The van der Waals surface area contributed by atoms with E-state index in [-0.39, 0.29) is 49.3 Å². The largest absolute Gasteiger partial charge is 0.381 e. The Morgan fingerprint density at radius 3 is 2.76 bits per heavy atom. The second-order valence-corrected chi connectivity index (χ2v) is 7.13. The number of aromatic amines is 1. The molecule has 2 heterocycles. The number of nitro benzene ring substituents is 1. The van der Waals surface area contributed by atoms with Crippen molar-refractivity contribution in [2.24, 2.45) is 0 Å². The normalized spacial score (nSPS) is 17.5. The number of ether oxygens (including phenoxy) is 1. The number of halogens is 1. The fourth-order valence-corrected chi connectivity index (χ4v) is 3.40. The minimum Gasteiger partial charge on any atom is -0.381 e. The number of benzene rings is 1. The lowest BCUT2D eigenvalue weighted by atomic mass is 9.96. The van der Waals surface area contributed by atoms with Crippen molar-refractivity contribution >= 4 is 32.5 Å². The fraction of sp³-hybridized carbons (Fsp3) is 0.462. The summed E-state index contributed by atoms with van der Waals surface area (Å²) in [5.41, 5.74) is -2.47. The van der Waals surface area contributed by atoms with Gasteiger partial charge >= 0.3 is 0 Å². The molecule has 1 aromatic carbocycles. The van der Waals surface area contributed by atoms with E-state index < -0.39 is 31.3 Å². The number of hydrogen-bond donors (Lipinski definition) is 3. The molecule has 2 aromatic rings. The van der Waals surface area contributed by atoms with Gasteiger partial charge in [0.15, 0.2) is 0 Å². The molecule has 0 bridgehead atoms. The SMILES string of the molecule is O=[N+]([O-])c1cc(S(=O)(=O)O)c2nc[nH]c2c1NCC1(F)CCOCC1. The van der Waals surface area contributed by atoms with Crippen LogP contribution in [0.15, 0.2) is 17.3 Å². The van der Waals surface area contributed by atoms with Crippen LogP contribution in [-0.2, 0) is 14.9 Å². The zero-order chi connectivity index (χ0) is 18.2. The number of rotatable bonds is 5. The highest BCUT2D eigenvalue weighted by Crippen LogP contribution is 2.37. The number of aromatic nitrogens is 2. The maximum atomic E-state index is 14.7. The summed E-state index contributed by atoms with van der Waals surface area (Å²) in [6, 6.07) is 0.704. The van der Waals surface area contributed by atoms with Crippen LogP contribution in [0.4, 0.5) is 15.8 Å². The van der Waals surface area contributed by atoms with Crippen molar-refractivity contribution in [1.82, 2.24) is 9.97 Å². The molecule has 3 rings (SSSR count). The van der Waals surface area contributed by atoms with Crippen molar-refractivity contribution in [3.63, 3.8) is 0 Å². The van der Waals surface area contributed by atoms with Gasteiger partial charge in [0, 0.05) is 38.7 Å². The van der Waals surface area contributed by atoms with Crippen LogP contribution in [0.2, 0.25) is 0 Å². The zero-order valence-corrected chi connectivity index (χ0v) is 13.7. The lowest BCUT2D eigenvalue weighted by molar-refractivity contribution is -0.384. The Bertz CT molecular complexity index is 922. The van der Waals surface area contributed by atoms with Crippen LogP contribution >= 0.6 is 0 Å². The molecule has 0 aliphatic carbocycles. The summed E-state index contributed by atoms with van der Waals surface area (Å²) in [5.74, 6) is 0. The first kappa shape index (κ1) is 17.5. The number of nitrogens with zero attached hydrogens (tertiary/aromatic N) is 2. The Labute approximate surface area is 141 Å². The maximum absolute atomic E-state index is 14.7. The number of anilines is 1. The molecule has 1 fully saturated rings. The van der Waals surface area contributed by atoms with E-state index in [1.54, 1.807) is 0 Å². The van der Waals surface area contributed by atoms with Crippen LogP contribution in [0.1, 0.15) is 12.8 Å². The molecule has 25 heavy (non-hydrogen) atoms. The summed E-state index contributed by atoms with van der Waals surface area (Å²) in [6.07, 6.45) is 1.42. The Kier molecular flexibility index (Phi) is 4.34. The van der Waals surface area contributed by atoms with Crippen LogP contribution < -0.4 is 5.32 Å². The molecule has 0 unspecified atom stereocenters. The van der Waals surface area contributed by atoms with Gasteiger partial charge in [0.2, 0.25) is 0 Å². The maximum Gasteiger partial charge on any atom is 0.297 e. The molecule has 0 saturated carbocycles. The third-order valence-corrected chi connectivity index (χ3v) is 4.96. The predicted octanol–water partition coefficient (Wildman–Crippen LogP) is 1.65. The predicted molar refractivity (Wildman–Crippen MR) is 84.9 cm³/mol. The van der Waals surface area contributed by atoms with E-state index >= 15 is 0 Å². The second-order valence-electron chi connectivity index (χ2n) is 5.74. The number of nitro groups is 1. The summed E-state index contributed by atoms with van der Waals surface area (Å²) in [6.45, 7) is 0.291. The number of nitrogens with one attached hydrogen (secondary N) is 2. The van der Waals surface area contributed by atoms with E-state index in [2.05, 4.69) is 15.3 Å². The Balaban J connectivity index is 2.06. The zero-order valence-electron chi connectivity index (χ0n) is 12.9. The van der Waals surface area contributed by atoms with Crippen LogP contribution in [-0.4, -0.2) is 53.3 Å². The number of H-pyrrole nitrogens is 1. The summed E-state index contributed by atoms with van der Waals surface area (Å²) in [7, 11) is -4.72. The Morgan fingerprint density at radius 1 is 1.48 bits per heavy atom. The lowest BCUT2D eigenvalue weighted by Gasteiger charge is -2.29. The molecule has 10 nitrogen and oxygen atoms in total. The standard InChI is InChI=1S/C13H15FN4O6S/c14-13(1-3-24-4-2-13)6-15-10-8(18(19)20)5-9(25(21,22)23)11-12(10)17-7-16-11/h5,7,15H,1-4,6H2,(H,16,17)(H,21,22,23). The van der Waals surface area contributed by atoms with Gasteiger partial charge in [-0.25, -0.2) is 9.37 Å². The minimum absolute atomic E-state index is 0.00233. The van der Waals surface area contributed by atoms with E-state index in [1.807, 2.05) is 0 Å². The van der Waals surface area contributed by atoms with Crippen LogP contribution in [0.5, 0.6) is 0 Å². The molecule has 1 aromatic heterocycles. The molecule has 1 saturated heterocycles. The van der Waals surface area contributed by atoms with Gasteiger partial charge in [0.05, 0.1) is 16.8 Å². The molecule has 1 aliphatic heterocycles. The van der Waals surface area contributed by atoms with E-state index in [9.17, 15) is 27.5 Å². The second kappa shape index (κ2) is 6.20. The molecule has 1 aliphatic rings. The molecule has 0 spiro atoms. The summed E-state index contributed by atoms with van der Waals surface area (Å²) in [4.78, 5) is 16.2. The molecular weight excluding hydrogens is 359 g/mol. The fourth-order valence-electron chi connectivity index (χ4n) is 2.74. The van der Waals surface area contributed by atoms with E-state index in [1.165, 1.54) is 0 Å².